The predicted octanol–water partition coefficient (Wildman–Crippen LogP) is 1.49. The van der Waals surface area contributed by atoms with Gasteiger partial charge in [-0.2, -0.15) is 12.6 Å². The lowest BCUT2D eigenvalue weighted by atomic mass is 10.1. The third kappa shape index (κ3) is 2.67. The summed E-state index contributed by atoms with van der Waals surface area (Å²) in [6.07, 6.45) is 0.559. The van der Waals surface area contributed by atoms with Gasteiger partial charge in [0, 0.05) is 5.56 Å². The Bertz CT molecular complexity index is 429. The number of thiol groups is 1. The maximum atomic E-state index is 10.6. The molecule has 3 nitrogen and oxygen atoms in total. The van der Waals surface area contributed by atoms with Crippen molar-refractivity contribution >= 4 is 18.9 Å². The molecule has 0 aliphatic carbocycles. The van der Waals surface area contributed by atoms with E-state index in [1.807, 2.05) is 0 Å². The van der Waals surface area contributed by atoms with Crippen molar-refractivity contribution in [2.45, 2.75) is 0 Å². The average molecular weight is 222 g/mol. The summed E-state index contributed by atoms with van der Waals surface area (Å²) in [4.78, 5) is 10.6. The number of phenolic OH excluding ortho intramolecular Hbond substituents is 1. The minimum absolute atomic E-state index is 0.163. The van der Waals surface area contributed by atoms with Crippen molar-refractivity contribution in [2.24, 2.45) is 0 Å². The van der Waals surface area contributed by atoms with Crippen LogP contribution in [0.25, 0.3) is 0 Å². The topological polar surface area (TPSA) is 46.5 Å². The van der Waals surface area contributed by atoms with E-state index in [-0.39, 0.29) is 17.1 Å². The molecule has 1 aromatic rings. The molecule has 0 aromatic heterocycles. The molecule has 0 fully saturated rings. The maximum absolute atomic E-state index is 10.6. The molecular formula is C11H10O3S. The molecule has 15 heavy (non-hydrogen) atoms. The van der Waals surface area contributed by atoms with E-state index in [9.17, 15) is 9.90 Å². The highest BCUT2D eigenvalue weighted by atomic mass is 32.1. The van der Waals surface area contributed by atoms with Gasteiger partial charge in [0.15, 0.2) is 17.8 Å². The minimum atomic E-state index is -0.163. The van der Waals surface area contributed by atoms with Crippen LogP contribution in [0, 0.1) is 11.8 Å². The van der Waals surface area contributed by atoms with Crippen LogP contribution in [0.3, 0.4) is 0 Å². The zero-order valence-electron chi connectivity index (χ0n) is 8.15. The van der Waals surface area contributed by atoms with Crippen LogP contribution in [0.1, 0.15) is 15.9 Å². The number of aromatic hydroxyl groups is 1. The highest BCUT2D eigenvalue weighted by Gasteiger charge is 2.08. The molecular weight excluding hydrogens is 212 g/mol. The molecule has 0 saturated heterocycles. The van der Waals surface area contributed by atoms with Crippen molar-refractivity contribution in [3.05, 3.63) is 23.3 Å². The lowest BCUT2D eigenvalue weighted by Crippen LogP contribution is -1.90. The van der Waals surface area contributed by atoms with E-state index in [4.69, 9.17) is 4.74 Å². The first-order valence-corrected chi connectivity index (χ1v) is 4.82. The minimum Gasteiger partial charge on any atom is -0.504 e. The maximum Gasteiger partial charge on any atom is 0.168 e. The molecule has 0 unspecified atom stereocenters. The highest BCUT2D eigenvalue weighted by Crippen LogP contribution is 2.29. The van der Waals surface area contributed by atoms with Crippen molar-refractivity contribution in [1.29, 1.82) is 0 Å². The van der Waals surface area contributed by atoms with E-state index in [0.29, 0.717) is 17.6 Å². The van der Waals surface area contributed by atoms with Crippen molar-refractivity contribution in [2.75, 3.05) is 12.9 Å². The van der Waals surface area contributed by atoms with E-state index in [2.05, 4.69) is 24.5 Å². The van der Waals surface area contributed by atoms with Gasteiger partial charge in [0.2, 0.25) is 0 Å². The number of aldehydes is 1. The molecule has 4 heteroatoms. The molecule has 0 bridgehead atoms. The van der Waals surface area contributed by atoms with Crippen molar-refractivity contribution in [3.8, 4) is 23.3 Å². The summed E-state index contributed by atoms with van der Waals surface area (Å²) in [7, 11) is 1.42. The number of hydrogen-bond donors (Lipinski definition) is 2. The van der Waals surface area contributed by atoms with Gasteiger partial charge in [0.25, 0.3) is 0 Å². The number of benzene rings is 1. The zero-order valence-corrected chi connectivity index (χ0v) is 9.04. The Morgan fingerprint density at radius 2 is 2.33 bits per heavy atom. The summed E-state index contributed by atoms with van der Waals surface area (Å²) in [6, 6.07) is 3.07. The molecule has 1 aromatic carbocycles. The monoisotopic (exact) mass is 222 g/mol. The molecule has 0 atom stereocenters. The molecule has 0 aliphatic heterocycles. The van der Waals surface area contributed by atoms with Crippen LogP contribution in [0.5, 0.6) is 11.5 Å². The van der Waals surface area contributed by atoms with Gasteiger partial charge in [0.05, 0.1) is 18.4 Å². The summed E-state index contributed by atoms with van der Waals surface area (Å²) < 4.78 is 4.91. The standard InChI is InChI=1S/C11H10O3S/c1-14-10-6-8(3-2-4-15)5-9(7-12)11(10)13/h5-7,13,15H,4H2,1H3. The Kier molecular flexibility index (Phi) is 4.07. The number of methoxy groups -OCH3 is 1. The number of carbonyl (C=O) groups excluding carboxylic acids is 1. The first kappa shape index (κ1) is 11.5. The number of hydrogen-bond acceptors (Lipinski definition) is 4. The SMILES string of the molecule is COc1cc(C#CCS)cc(C=O)c1O. The van der Waals surface area contributed by atoms with Gasteiger partial charge in [-0.3, -0.25) is 4.79 Å². The molecule has 0 aliphatic rings. The van der Waals surface area contributed by atoms with E-state index >= 15 is 0 Å². The first-order chi connectivity index (χ1) is 7.22. The van der Waals surface area contributed by atoms with Gasteiger partial charge >= 0.3 is 0 Å². The predicted molar refractivity (Wildman–Crippen MR) is 60.8 cm³/mol. The lowest BCUT2D eigenvalue weighted by Gasteiger charge is -2.05. The van der Waals surface area contributed by atoms with Crippen LogP contribution < -0.4 is 4.74 Å². The van der Waals surface area contributed by atoms with Gasteiger partial charge in [-0.1, -0.05) is 11.8 Å². The fourth-order valence-corrected chi connectivity index (χ4v) is 1.17. The van der Waals surface area contributed by atoms with Crippen LogP contribution in [0.4, 0.5) is 0 Å². The smallest absolute Gasteiger partial charge is 0.168 e. The number of phenols is 1. The second-order valence-corrected chi connectivity index (χ2v) is 3.01. The summed E-state index contributed by atoms with van der Waals surface area (Å²) in [6.45, 7) is 0. The molecule has 1 rings (SSSR count). The Hall–Kier alpha value is -1.60. The fraction of sp³-hybridized carbons (Fsp3) is 0.182. The number of ether oxygens (including phenoxy) is 1. The van der Waals surface area contributed by atoms with Gasteiger partial charge in [-0.15, -0.1) is 0 Å². The van der Waals surface area contributed by atoms with Gasteiger partial charge in [0.1, 0.15) is 0 Å². The summed E-state index contributed by atoms with van der Waals surface area (Å²) in [5.41, 5.74) is 0.776. The van der Waals surface area contributed by atoms with Gasteiger partial charge in [-0.05, 0) is 12.1 Å². The second kappa shape index (κ2) is 5.32. The summed E-state index contributed by atoms with van der Waals surface area (Å²) >= 11 is 3.94. The van der Waals surface area contributed by atoms with Crippen molar-refractivity contribution in [1.82, 2.24) is 0 Å². The zero-order chi connectivity index (χ0) is 11.3. The van der Waals surface area contributed by atoms with E-state index < -0.39 is 0 Å². The van der Waals surface area contributed by atoms with E-state index in [0.717, 1.165) is 0 Å². The molecule has 0 saturated carbocycles. The van der Waals surface area contributed by atoms with E-state index in [1.54, 1.807) is 6.07 Å². The first-order valence-electron chi connectivity index (χ1n) is 4.18. The Morgan fingerprint density at radius 1 is 1.60 bits per heavy atom. The molecule has 0 spiro atoms. The normalized spacial score (nSPS) is 8.93. The third-order valence-corrected chi connectivity index (χ3v) is 1.92. The molecule has 78 valence electrons. The van der Waals surface area contributed by atoms with Crippen LogP contribution in [-0.4, -0.2) is 24.3 Å². The third-order valence-electron chi connectivity index (χ3n) is 1.76. The fourth-order valence-electron chi connectivity index (χ4n) is 1.09. The average Bonchev–Trinajstić information content (AvgIpc) is 2.27. The molecule has 0 radical (unpaired) electrons. The summed E-state index contributed by atoms with van der Waals surface area (Å²) in [5.74, 6) is 6.05. The summed E-state index contributed by atoms with van der Waals surface area (Å²) in [5, 5.41) is 9.52. The molecule has 0 amide bonds. The van der Waals surface area contributed by atoms with Gasteiger partial charge in [-0.25, -0.2) is 0 Å². The van der Waals surface area contributed by atoms with Gasteiger partial charge < -0.3 is 9.84 Å². The Balaban J connectivity index is 3.26. The van der Waals surface area contributed by atoms with E-state index in [1.165, 1.54) is 13.2 Å². The van der Waals surface area contributed by atoms with Crippen molar-refractivity contribution in [3.63, 3.8) is 0 Å². The molecule has 1 N–H and O–H groups in total. The van der Waals surface area contributed by atoms with Crippen LogP contribution in [0.2, 0.25) is 0 Å². The Morgan fingerprint density at radius 3 is 2.87 bits per heavy atom. The second-order valence-electron chi connectivity index (χ2n) is 2.69. The quantitative estimate of drug-likeness (QED) is 0.453. The van der Waals surface area contributed by atoms with Crippen molar-refractivity contribution < 1.29 is 14.6 Å². The number of carbonyl (C=O) groups is 1. The Labute approximate surface area is 93.5 Å². The lowest BCUT2D eigenvalue weighted by molar-refractivity contribution is 0.112. The highest BCUT2D eigenvalue weighted by molar-refractivity contribution is 7.80. The van der Waals surface area contributed by atoms with Crippen LogP contribution in [0.15, 0.2) is 12.1 Å². The van der Waals surface area contributed by atoms with Crippen LogP contribution >= 0.6 is 12.6 Å². The number of rotatable bonds is 2. The molecule has 0 heterocycles. The van der Waals surface area contributed by atoms with Crippen LogP contribution in [-0.2, 0) is 0 Å². The largest absolute Gasteiger partial charge is 0.504 e.